The molecule has 0 amide bonds. The first kappa shape index (κ1) is 15.4. The smallest absolute Gasteiger partial charge is 0.550 e. The van der Waals surface area contributed by atoms with Gasteiger partial charge in [-0.3, -0.25) is 0 Å². The van der Waals surface area contributed by atoms with Crippen LogP contribution in [-0.4, -0.2) is 22.3 Å². The minimum absolute atomic E-state index is 0. The first-order valence-electron chi connectivity index (χ1n) is 4.74. The number of carboxylic acids is 1. The van der Waals surface area contributed by atoms with Crippen LogP contribution >= 0.6 is 0 Å². The fourth-order valence-corrected chi connectivity index (χ4v) is 1.34. The summed E-state index contributed by atoms with van der Waals surface area (Å²) in [7, 11) is 0. The van der Waals surface area contributed by atoms with Crippen molar-refractivity contribution in [3.05, 3.63) is 29.8 Å². The van der Waals surface area contributed by atoms with E-state index in [0.717, 1.165) is 5.56 Å². The summed E-state index contributed by atoms with van der Waals surface area (Å²) in [4.78, 5) is 10.1. The summed E-state index contributed by atoms with van der Waals surface area (Å²) >= 11 is 0. The van der Waals surface area contributed by atoms with Crippen molar-refractivity contribution >= 4 is 5.97 Å². The van der Waals surface area contributed by atoms with Crippen molar-refractivity contribution in [2.24, 2.45) is 0 Å². The van der Waals surface area contributed by atoms with Crippen LogP contribution in [0.25, 0.3) is 0 Å². The molecule has 0 heterocycles. The largest absolute Gasteiger partial charge is 1.00 e. The molecule has 1 aromatic carbocycles. The average molecular weight is 232 g/mol. The number of aliphatic carboxylic acids is 1. The van der Waals surface area contributed by atoms with Gasteiger partial charge in [0.05, 0.1) is 6.10 Å². The van der Waals surface area contributed by atoms with Crippen LogP contribution in [0.2, 0.25) is 0 Å². The molecule has 5 heteroatoms. The van der Waals surface area contributed by atoms with Gasteiger partial charge in [0, 0.05) is 5.97 Å². The fraction of sp³-hybridized carbons (Fsp3) is 0.364. The maximum absolute atomic E-state index is 10.1. The molecule has 4 nitrogen and oxygen atoms in total. The summed E-state index contributed by atoms with van der Waals surface area (Å²) in [6.07, 6.45) is -0.371. The number of hydrogen-bond acceptors (Lipinski definition) is 4. The monoisotopic (exact) mass is 232 g/mol. The molecule has 0 saturated carbocycles. The van der Waals surface area contributed by atoms with E-state index in [1.807, 2.05) is 0 Å². The summed E-state index contributed by atoms with van der Waals surface area (Å²) < 4.78 is 0. The van der Waals surface area contributed by atoms with Crippen molar-refractivity contribution < 1.29 is 49.7 Å². The fourth-order valence-electron chi connectivity index (χ4n) is 1.34. The van der Waals surface area contributed by atoms with Crippen molar-refractivity contribution in [1.82, 2.24) is 0 Å². The van der Waals surface area contributed by atoms with E-state index in [0.29, 0.717) is 6.42 Å². The maximum Gasteiger partial charge on any atom is 1.00 e. The number of carboxylic acid groups (broad SMARTS) is 1. The Bertz CT molecular complexity index is 341. The standard InChI is InChI=1S/C11H14O4.Na/c12-9-3-1-2-8(6-9)7-10(13)4-5-11(14)15;/h1-3,6,10,12-13H,4-5,7H2,(H,14,15);/q;+1/p-1. The molecule has 1 atom stereocenters. The van der Waals surface area contributed by atoms with Crippen molar-refractivity contribution in [2.45, 2.75) is 25.4 Å². The summed E-state index contributed by atoms with van der Waals surface area (Å²) in [5.74, 6) is -1.02. The van der Waals surface area contributed by atoms with Crippen LogP contribution in [0.1, 0.15) is 18.4 Å². The van der Waals surface area contributed by atoms with Gasteiger partial charge in [-0.15, -0.1) is 0 Å². The van der Waals surface area contributed by atoms with Crippen LogP contribution in [0.5, 0.6) is 5.75 Å². The first-order chi connectivity index (χ1) is 7.08. The number of aliphatic hydroxyl groups is 1. The number of phenolic OH excluding ortho intramolecular Hbond substituents is 1. The molecule has 0 radical (unpaired) electrons. The Morgan fingerprint density at radius 1 is 1.44 bits per heavy atom. The minimum Gasteiger partial charge on any atom is -0.550 e. The van der Waals surface area contributed by atoms with Gasteiger partial charge in [-0.2, -0.15) is 0 Å². The Hall–Kier alpha value is -0.550. The van der Waals surface area contributed by atoms with E-state index in [2.05, 4.69) is 0 Å². The molecule has 16 heavy (non-hydrogen) atoms. The number of benzene rings is 1. The van der Waals surface area contributed by atoms with Crippen LogP contribution in [0, 0.1) is 0 Å². The van der Waals surface area contributed by atoms with Gasteiger partial charge in [-0.25, -0.2) is 0 Å². The number of hydrogen-bond donors (Lipinski definition) is 2. The van der Waals surface area contributed by atoms with Gasteiger partial charge in [-0.05, 0) is 37.0 Å². The minimum atomic E-state index is -1.16. The molecule has 1 unspecified atom stereocenters. The zero-order chi connectivity index (χ0) is 11.3. The molecule has 1 rings (SSSR count). The second-order valence-electron chi connectivity index (χ2n) is 3.44. The van der Waals surface area contributed by atoms with Gasteiger partial charge >= 0.3 is 29.6 Å². The Kier molecular flexibility index (Phi) is 7.42. The number of rotatable bonds is 5. The maximum atomic E-state index is 10.1. The number of phenols is 1. The van der Waals surface area contributed by atoms with Crippen LogP contribution in [0.3, 0.4) is 0 Å². The number of aromatic hydroxyl groups is 1. The van der Waals surface area contributed by atoms with Gasteiger partial charge in [0.2, 0.25) is 0 Å². The summed E-state index contributed by atoms with van der Waals surface area (Å²) in [5.41, 5.74) is 0.779. The van der Waals surface area contributed by atoms with Crippen molar-refractivity contribution in [3.8, 4) is 5.75 Å². The Labute approximate surface area is 116 Å². The van der Waals surface area contributed by atoms with E-state index in [4.69, 9.17) is 5.11 Å². The molecule has 0 spiro atoms. The molecule has 0 aliphatic rings. The summed E-state index contributed by atoms with van der Waals surface area (Å²) in [6, 6.07) is 6.53. The summed E-state index contributed by atoms with van der Waals surface area (Å²) in [5, 5.41) is 28.8. The predicted molar refractivity (Wildman–Crippen MR) is 52.1 cm³/mol. The third-order valence-electron chi connectivity index (χ3n) is 2.06. The zero-order valence-corrected chi connectivity index (χ0v) is 11.2. The van der Waals surface area contributed by atoms with Gasteiger partial charge in [0.25, 0.3) is 0 Å². The molecule has 2 N–H and O–H groups in total. The van der Waals surface area contributed by atoms with E-state index in [1.165, 1.54) is 6.07 Å². The number of carbonyl (C=O) groups is 1. The molecule has 82 valence electrons. The van der Waals surface area contributed by atoms with Gasteiger partial charge in [-0.1, -0.05) is 12.1 Å². The van der Waals surface area contributed by atoms with Crippen molar-refractivity contribution in [1.29, 1.82) is 0 Å². The normalized spacial score (nSPS) is 11.6. The van der Waals surface area contributed by atoms with Gasteiger partial charge in [0.1, 0.15) is 5.75 Å². The molecular formula is C11H13NaO4. The topological polar surface area (TPSA) is 80.6 Å². The van der Waals surface area contributed by atoms with E-state index in [1.54, 1.807) is 18.2 Å². The second-order valence-corrected chi connectivity index (χ2v) is 3.44. The molecular weight excluding hydrogens is 219 g/mol. The Morgan fingerprint density at radius 2 is 2.12 bits per heavy atom. The predicted octanol–water partition coefficient (Wildman–Crippen LogP) is -3.17. The van der Waals surface area contributed by atoms with Crippen molar-refractivity contribution in [3.63, 3.8) is 0 Å². The van der Waals surface area contributed by atoms with Crippen LogP contribution < -0.4 is 34.7 Å². The molecule has 0 aliphatic carbocycles. The third kappa shape index (κ3) is 6.12. The number of carbonyl (C=O) groups excluding carboxylic acids is 1. The average Bonchev–Trinajstić information content (AvgIpc) is 2.15. The molecule has 0 aliphatic heterocycles. The van der Waals surface area contributed by atoms with Crippen molar-refractivity contribution in [2.75, 3.05) is 0 Å². The first-order valence-corrected chi connectivity index (χ1v) is 4.74. The molecule has 0 fully saturated rings. The molecule has 0 bridgehead atoms. The quantitative estimate of drug-likeness (QED) is 0.525. The Morgan fingerprint density at radius 3 is 2.69 bits per heavy atom. The molecule has 1 aromatic rings. The molecule has 0 saturated heterocycles. The van der Waals surface area contributed by atoms with E-state index in [9.17, 15) is 15.0 Å². The summed E-state index contributed by atoms with van der Waals surface area (Å²) in [6.45, 7) is 0. The number of aliphatic hydroxyl groups excluding tert-OH is 1. The molecule has 0 aromatic heterocycles. The van der Waals surface area contributed by atoms with Crippen LogP contribution in [-0.2, 0) is 11.2 Å². The Balaban J connectivity index is 0.00000225. The second kappa shape index (κ2) is 7.68. The third-order valence-corrected chi connectivity index (χ3v) is 2.06. The van der Waals surface area contributed by atoms with E-state index in [-0.39, 0.29) is 48.1 Å². The van der Waals surface area contributed by atoms with Crippen LogP contribution in [0.15, 0.2) is 24.3 Å². The van der Waals surface area contributed by atoms with Gasteiger partial charge < -0.3 is 20.1 Å². The van der Waals surface area contributed by atoms with E-state index < -0.39 is 12.1 Å². The van der Waals surface area contributed by atoms with E-state index >= 15 is 0 Å². The SMILES string of the molecule is O=C([O-])CCC(O)Cc1cccc(O)c1.[Na+]. The van der Waals surface area contributed by atoms with Gasteiger partial charge in [0.15, 0.2) is 0 Å². The zero-order valence-electron chi connectivity index (χ0n) is 9.22. The van der Waals surface area contributed by atoms with Crippen LogP contribution in [0.4, 0.5) is 0 Å².